The summed E-state index contributed by atoms with van der Waals surface area (Å²) in [6, 6.07) is 0. The van der Waals surface area contributed by atoms with Crippen molar-refractivity contribution in [2.75, 3.05) is 6.61 Å². The van der Waals surface area contributed by atoms with Crippen LogP contribution in [-0.2, 0) is 9.53 Å². The molecule has 2 heteroatoms. The molecular formula is C14H22O2. The number of rotatable bonds is 3. The number of fused-ring (bicyclic) bond motifs is 2. The summed E-state index contributed by atoms with van der Waals surface area (Å²) in [5.74, 6) is 1.72. The van der Waals surface area contributed by atoms with Crippen LogP contribution in [0.25, 0.3) is 0 Å². The molecule has 0 spiro atoms. The van der Waals surface area contributed by atoms with E-state index in [-0.39, 0.29) is 5.97 Å². The molecule has 90 valence electrons. The summed E-state index contributed by atoms with van der Waals surface area (Å²) in [6.45, 7) is 11.2. The van der Waals surface area contributed by atoms with Gasteiger partial charge in [0, 0.05) is 0 Å². The van der Waals surface area contributed by atoms with Crippen molar-refractivity contribution in [3.63, 3.8) is 0 Å². The van der Waals surface area contributed by atoms with Gasteiger partial charge in [-0.3, -0.25) is 4.79 Å². The highest BCUT2D eigenvalue weighted by Crippen LogP contribution is 2.62. The third-order valence-electron chi connectivity index (χ3n) is 4.73. The number of ether oxygens (including phenoxy) is 1. The van der Waals surface area contributed by atoms with E-state index in [1.165, 1.54) is 12.0 Å². The summed E-state index contributed by atoms with van der Waals surface area (Å²) in [5.41, 5.74) is 1.71. The maximum Gasteiger partial charge on any atom is 0.306 e. The van der Waals surface area contributed by atoms with Gasteiger partial charge in [-0.25, -0.2) is 0 Å². The monoisotopic (exact) mass is 222 g/mol. The molecule has 3 aliphatic carbocycles. The van der Waals surface area contributed by atoms with Crippen LogP contribution in [0.2, 0.25) is 0 Å². The van der Waals surface area contributed by atoms with Crippen molar-refractivity contribution in [3.8, 4) is 0 Å². The number of hydrogen-bond donors (Lipinski definition) is 0. The number of esters is 1. The van der Waals surface area contributed by atoms with Gasteiger partial charge in [0.25, 0.3) is 0 Å². The Hall–Kier alpha value is -0.790. The van der Waals surface area contributed by atoms with Gasteiger partial charge in [-0.2, -0.15) is 0 Å². The lowest BCUT2D eigenvalue weighted by Gasteiger charge is -2.60. The van der Waals surface area contributed by atoms with Crippen LogP contribution in [0.15, 0.2) is 12.2 Å². The Bertz CT molecular complexity index is 317. The average Bonchev–Trinajstić information content (AvgIpc) is 2.20. The van der Waals surface area contributed by atoms with E-state index in [0.717, 1.165) is 12.3 Å². The Balaban J connectivity index is 1.96. The average molecular weight is 222 g/mol. The highest BCUT2D eigenvalue weighted by Gasteiger charge is 2.54. The van der Waals surface area contributed by atoms with E-state index in [0.29, 0.717) is 30.3 Å². The third kappa shape index (κ3) is 1.68. The summed E-state index contributed by atoms with van der Waals surface area (Å²) in [7, 11) is 0. The van der Waals surface area contributed by atoms with Crippen LogP contribution in [0.3, 0.4) is 0 Å². The molecule has 0 aromatic carbocycles. The molecule has 2 nitrogen and oxygen atoms in total. The fraction of sp³-hybridized carbons (Fsp3) is 0.786. The normalized spacial score (nSPS) is 35.4. The second kappa shape index (κ2) is 3.90. The SMILES string of the molecule is C=C1[C@@H](CC(=O)OCC)C[C@@H]2C[C@H]1C2(C)C. The van der Waals surface area contributed by atoms with Crippen molar-refractivity contribution >= 4 is 5.97 Å². The molecule has 3 saturated carbocycles. The lowest BCUT2D eigenvalue weighted by Crippen LogP contribution is -2.52. The maximum absolute atomic E-state index is 11.5. The second-order valence-electron chi connectivity index (χ2n) is 5.82. The predicted octanol–water partition coefficient (Wildman–Crippen LogP) is 3.18. The first-order valence-electron chi connectivity index (χ1n) is 6.31. The quantitative estimate of drug-likeness (QED) is 0.541. The fourth-order valence-corrected chi connectivity index (χ4v) is 3.46. The fourth-order valence-electron chi connectivity index (χ4n) is 3.46. The summed E-state index contributed by atoms with van der Waals surface area (Å²) >= 11 is 0. The van der Waals surface area contributed by atoms with E-state index < -0.39 is 0 Å². The van der Waals surface area contributed by atoms with Gasteiger partial charge in [-0.1, -0.05) is 26.0 Å². The van der Waals surface area contributed by atoms with Crippen LogP contribution in [0.4, 0.5) is 0 Å². The van der Waals surface area contributed by atoms with Gasteiger partial charge in [0.05, 0.1) is 13.0 Å². The molecule has 0 aromatic rings. The van der Waals surface area contributed by atoms with Crippen molar-refractivity contribution in [2.24, 2.45) is 23.2 Å². The van der Waals surface area contributed by atoms with Crippen molar-refractivity contribution in [3.05, 3.63) is 12.2 Å². The number of hydrogen-bond acceptors (Lipinski definition) is 2. The molecule has 3 atom stereocenters. The van der Waals surface area contributed by atoms with Gasteiger partial charge in [-0.05, 0) is 42.9 Å². The van der Waals surface area contributed by atoms with Gasteiger partial charge in [0.15, 0.2) is 0 Å². The second-order valence-corrected chi connectivity index (χ2v) is 5.82. The van der Waals surface area contributed by atoms with Gasteiger partial charge < -0.3 is 4.74 Å². The van der Waals surface area contributed by atoms with Crippen LogP contribution in [0.1, 0.15) is 40.0 Å². The zero-order valence-electron chi connectivity index (χ0n) is 10.6. The number of allylic oxidation sites excluding steroid dienone is 1. The molecule has 0 heterocycles. The van der Waals surface area contributed by atoms with Crippen LogP contribution in [0, 0.1) is 23.2 Å². The topological polar surface area (TPSA) is 26.3 Å². The maximum atomic E-state index is 11.5. The lowest BCUT2D eigenvalue weighted by molar-refractivity contribution is -0.145. The van der Waals surface area contributed by atoms with Crippen molar-refractivity contribution < 1.29 is 9.53 Å². The van der Waals surface area contributed by atoms with Crippen molar-refractivity contribution in [1.29, 1.82) is 0 Å². The Morgan fingerprint density at radius 1 is 1.50 bits per heavy atom. The minimum Gasteiger partial charge on any atom is -0.466 e. The standard InChI is InChI=1S/C14H22O2/c1-5-16-13(15)7-10-6-11-8-12(9(10)2)14(11,3)4/h10-12H,2,5-8H2,1,3-4H3/t10-,11-,12-/m1/s1. The molecule has 3 rings (SSSR count). The van der Waals surface area contributed by atoms with Crippen molar-refractivity contribution in [1.82, 2.24) is 0 Å². The first-order chi connectivity index (χ1) is 7.46. The summed E-state index contributed by atoms with van der Waals surface area (Å²) in [5, 5.41) is 0. The molecule has 0 N–H and O–H groups in total. The number of carbonyl (C=O) groups is 1. The molecule has 0 aromatic heterocycles. The third-order valence-corrected chi connectivity index (χ3v) is 4.73. The van der Waals surface area contributed by atoms with E-state index >= 15 is 0 Å². The van der Waals surface area contributed by atoms with E-state index in [4.69, 9.17) is 4.74 Å². The first-order valence-corrected chi connectivity index (χ1v) is 6.31. The summed E-state index contributed by atoms with van der Waals surface area (Å²) in [4.78, 5) is 11.5. The van der Waals surface area contributed by atoms with Crippen molar-refractivity contribution in [2.45, 2.75) is 40.0 Å². The smallest absolute Gasteiger partial charge is 0.306 e. The molecule has 0 unspecified atom stereocenters. The first kappa shape index (κ1) is 11.7. The van der Waals surface area contributed by atoms with E-state index in [1.807, 2.05) is 6.92 Å². The Morgan fingerprint density at radius 3 is 2.69 bits per heavy atom. The molecule has 16 heavy (non-hydrogen) atoms. The van der Waals surface area contributed by atoms with Gasteiger partial charge in [-0.15, -0.1) is 0 Å². The van der Waals surface area contributed by atoms with Crippen LogP contribution >= 0.6 is 0 Å². The molecule has 0 aliphatic heterocycles. The predicted molar refractivity (Wildman–Crippen MR) is 63.9 cm³/mol. The zero-order valence-corrected chi connectivity index (χ0v) is 10.6. The van der Waals surface area contributed by atoms with Gasteiger partial charge in [0.2, 0.25) is 0 Å². The van der Waals surface area contributed by atoms with Gasteiger partial charge in [0.1, 0.15) is 0 Å². The van der Waals surface area contributed by atoms with Crippen LogP contribution < -0.4 is 0 Å². The zero-order chi connectivity index (χ0) is 11.9. The summed E-state index contributed by atoms with van der Waals surface area (Å²) in [6.07, 6.45) is 2.95. The largest absolute Gasteiger partial charge is 0.466 e. The van der Waals surface area contributed by atoms with Gasteiger partial charge >= 0.3 is 5.97 Å². The molecular weight excluding hydrogens is 200 g/mol. The molecule has 3 fully saturated rings. The minimum absolute atomic E-state index is 0.0623. The lowest BCUT2D eigenvalue weighted by atomic mass is 9.45. The molecule has 2 bridgehead atoms. The molecule has 0 amide bonds. The minimum atomic E-state index is -0.0623. The molecule has 0 saturated heterocycles. The molecule has 3 aliphatic rings. The highest BCUT2D eigenvalue weighted by molar-refractivity contribution is 5.70. The number of carbonyl (C=O) groups excluding carboxylic acids is 1. The van der Waals surface area contributed by atoms with E-state index in [9.17, 15) is 4.79 Å². The Morgan fingerprint density at radius 2 is 2.19 bits per heavy atom. The Labute approximate surface area is 98.1 Å². The molecule has 0 radical (unpaired) electrons. The Kier molecular flexibility index (Phi) is 2.85. The summed E-state index contributed by atoms with van der Waals surface area (Å²) < 4.78 is 5.01. The van der Waals surface area contributed by atoms with Crippen LogP contribution in [-0.4, -0.2) is 12.6 Å². The highest BCUT2D eigenvalue weighted by atomic mass is 16.5. The van der Waals surface area contributed by atoms with E-state index in [2.05, 4.69) is 20.4 Å². The van der Waals surface area contributed by atoms with E-state index in [1.54, 1.807) is 0 Å². The van der Waals surface area contributed by atoms with Crippen LogP contribution in [0.5, 0.6) is 0 Å².